The van der Waals surface area contributed by atoms with Gasteiger partial charge in [-0.1, -0.05) is 0 Å². The summed E-state index contributed by atoms with van der Waals surface area (Å²) in [4.78, 5) is 14.1. The van der Waals surface area contributed by atoms with Gasteiger partial charge in [0.25, 0.3) is 0 Å². The molecule has 0 aliphatic heterocycles. The number of aromatic nitrogens is 1. The number of aliphatic hydroxyl groups excluding tert-OH is 1. The minimum Gasteiger partial charge on any atom is -0.479 e. The molecular weight excluding hydrogens is 170 g/mol. The Morgan fingerprint density at radius 3 is 2.62 bits per heavy atom. The summed E-state index contributed by atoms with van der Waals surface area (Å²) in [6.45, 7) is 0. The summed E-state index contributed by atoms with van der Waals surface area (Å²) in [5, 5.41) is 17.4. The molecule has 1 aromatic heterocycles. The van der Waals surface area contributed by atoms with E-state index >= 15 is 0 Å². The molecule has 0 spiro atoms. The smallest absolute Gasteiger partial charge is 0.332 e. The van der Waals surface area contributed by atoms with Gasteiger partial charge in [-0.2, -0.15) is 0 Å². The molecule has 0 amide bonds. The number of aryl methyl sites for hydroxylation is 1. The molecule has 1 heterocycles. The van der Waals surface area contributed by atoms with E-state index in [0.29, 0.717) is 6.42 Å². The predicted molar refractivity (Wildman–Crippen MR) is 46.2 cm³/mol. The maximum Gasteiger partial charge on any atom is 0.332 e. The Balaban J connectivity index is 2.39. The lowest BCUT2D eigenvalue weighted by Gasteiger charge is -2.04. The first-order valence-corrected chi connectivity index (χ1v) is 4.00. The number of rotatable bonds is 4. The average molecular weight is 181 g/mol. The number of carboxylic acids is 1. The van der Waals surface area contributed by atoms with Gasteiger partial charge in [0, 0.05) is 12.4 Å². The van der Waals surface area contributed by atoms with Gasteiger partial charge >= 0.3 is 5.97 Å². The van der Waals surface area contributed by atoms with Crippen molar-refractivity contribution in [2.24, 2.45) is 0 Å². The summed E-state index contributed by atoms with van der Waals surface area (Å²) in [6, 6.07) is 3.60. The quantitative estimate of drug-likeness (QED) is 0.707. The minimum absolute atomic E-state index is 0.235. The molecule has 0 aliphatic carbocycles. The number of aliphatic hydroxyl groups is 1. The highest BCUT2D eigenvalue weighted by Crippen LogP contribution is 2.03. The highest BCUT2D eigenvalue weighted by Gasteiger charge is 2.11. The molecule has 1 rings (SSSR count). The van der Waals surface area contributed by atoms with E-state index in [1.54, 1.807) is 24.5 Å². The van der Waals surface area contributed by atoms with E-state index in [-0.39, 0.29) is 6.42 Å². The number of hydrogen-bond acceptors (Lipinski definition) is 3. The highest BCUT2D eigenvalue weighted by atomic mass is 16.4. The predicted octanol–water partition coefficient (Wildman–Crippen LogP) is 0.460. The standard InChI is InChI=1S/C9H11NO3/c11-8(9(12)13)2-1-7-3-5-10-6-4-7/h3-6,8,11H,1-2H2,(H,12,13). The largest absolute Gasteiger partial charge is 0.479 e. The molecule has 1 atom stereocenters. The summed E-state index contributed by atoms with van der Waals surface area (Å²) in [5.41, 5.74) is 0.982. The topological polar surface area (TPSA) is 70.4 Å². The Labute approximate surface area is 75.9 Å². The van der Waals surface area contributed by atoms with Crippen molar-refractivity contribution >= 4 is 5.97 Å². The van der Waals surface area contributed by atoms with Crippen molar-refractivity contribution in [1.82, 2.24) is 4.98 Å². The molecule has 2 N–H and O–H groups in total. The first kappa shape index (κ1) is 9.67. The lowest BCUT2D eigenvalue weighted by Crippen LogP contribution is -2.19. The summed E-state index contributed by atoms with van der Waals surface area (Å²) < 4.78 is 0. The van der Waals surface area contributed by atoms with Crippen LogP contribution >= 0.6 is 0 Å². The number of nitrogens with zero attached hydrogens (tertiary/aromatic N) is 1. The zero-order chi connectivity index (χ0) is 9.68. The van der Waals surface area contributed by atoms with Crippen LogP contribution in [0.2, 0.25) is 0 Å². The van der Waals surface area contributed by atoms with Crippen LogP contribution in [0, 0.1) is 0 Å². The summed E-state index contributed by atoms with van der Waals surface area (Å²) in [6.07, 6.45) is 2.80. The molecule has 1 aromatic rings. The van der Waals surface area contributed by atoms with Crippen LogP contribution < -0.4 is 0 Å². The zero-order valence-corrected chi connectivity index (χ0v) is 7.05. The fourth-order valence-electron chi connectivity index (χ4n) is 0.976. The fourth-order valence-corrected chi connectivity index (χ4v) is 0.976. The molecule has 0 bridgehead atoms. The second-order valence-corrected chi connectivity index (χ2v) is 2.75. The van der Waals surface area contributed by atoms with Crippen LogP contribution in [-0.4, -0.2) is 27.3 Å². The van der Waals surface area contributed by atoms with Gasteiger partial charge in [0.05, 0.1) is 0 Å². The van der Waals surface area contributed by atoms with Crippen LogP contribution in [-0.2, 0) is 11.2 Å². The van der Waals surface area contributed by atoms with Gasteiger partial charge < -0.3 is 10.2 Å². The van der Waals surface area contributed by atoms with E-state index in [0.717, 1.165) is 5.56 Å². The maximum atomic E-state index is 10.3. The Kier molecular flexibility index (Phi) is 3.40. The second kappa shape index (κ2) is 4.57. The molecule has 70 valence electrons. The van der Waals surface area contributed by atoms with Gasteiger partial charge in [0.1, 0.15) is 0 Å². The van der Waals surface area contributed by atoms with E-state index in [1.165, 1.54) is 0 Å². The first-order chi connectivity index (χ1) is 6.20. The number of carbonyl (C=O) groups is 1. The monoisotopic (exact) mass is 181 g/mol. The highest BCUT2D eigenvalue weighted by molar-refractivity contribution is 5.71. The Bertz CT molecular complexity index is 273. The summed E-state index contributed by atoms with van der Waals surface area (Å²) in [5.74, 6) is -1.17. The molecule has 13 heavy (non-hydrogen) atoms. The van der Waals surface area contributed by atoms with E-state index in [9.17, 15) is 4.79 Å². The van der Waals surface area contributed by atoms with Crippen molar-refractivity contribution in [3.8, 4) is 0 Å². The third-order valence-corrected chi connectivity index (χ3v) is 1.74. The van der Waals surface area contributed by atoms with Crippen LogP contribution in [0.3, 0.4) is 0 Å². The molecule has 0 saturated carbocycles. The van der Waals surface area contributed by atoms with Gasteiger partial charge in [-0.25, -0.2) is 4.79 Å². The van der Waals surface area contributed by atoms with Crippen LogP contribution in [0.4, 0.5) is 0 Å². The van der Waals surface area contributed by atoms with Crippen LogP contribution in [0.25, 0.3) is 0 Å². The summed E-state index contributed by atoms with van der Waals surface area (Å²) in [7, 11) is 0. The van der Waals surface area contributed by atoms with E-state index in [2.05, 4.69) is 4.98 Å². The average Bonchev–Trinajstić information content (AvgIpc) is 2.15. The van der Waals surface area contributed by atoms with Crippen molar-refractivity contribution < 1.29 is 15.0 Å². The molecule has 4 nitrogen and oxygen atoms in total. The van der Waals surface area contributed by atoms with Crippen LogP contribution in [0.5, 0.6) is 0 Å². The lowest BCUT2D eigenvalue weighted by atomic mass is 10.1. The molecular formula is C9H11NO3. The van der Waals surface area contributed by atoms with E-state index < -0.39 is 12.1 Å². The molecule has 0 aliphatic rings. The summed E-state index contributed by atoms with van der Waals surface area (Å²) >= 11 is 0. The number of aliphatic carboxylic acids is 1. The number of hydrogen-bond donors (Lipinski definition) is 2. The Morgan fingerprint density at radius 2 is 2.08 bits per heavy atom. The zero-order valence-electron chi connectivity index (χ0n) is 7.05. The van der Waals surface area contributed by atoms with E-state index in [4.69, 9.17) is 10.2 Å². The lowest BCUT2D eigenvalue weighted by molar-refractivity contribution is -0.146. The number of pyridine rings is 1. The second-order valence-electron chi connectivity index (χ2n) is 2.75. The molecule has 1 unspecified atom stereocenters. The fraction of sp³-hybridized carbons (Fsp3) is 0.333. The third kappa shape index (κ3) is 3.21. The first-order valence-electron chi connectivity index (χ1n) is 4.00. The van der Waals surface area contributed by atoms with Gasteiger partial charge in [0.2, 0.25) is 0 Å². The van der Waals surface area contributed by atoms with Gasteiger partial charge in [-0.15, -0.1) is 0 Å². The van der Waals surface area contributed by atoms with Crippen molar-refractivity contribution in [2.45, 2.75) is 18.9 Å². The number of carboxylic acid groups (broad SMARTS) is 1. The Morgan fingerprint density at radius 1 is 1.46 bits per heavy atom. The van der Waals surface area contributed by atoms with Gasteiger partial charge in [-0.05, 0) is 30.5 Å². The van der Waals surface area contributed by atoms with Crippen molar-refractivity contribution in [1.29, 1.82) is 0 Å². The Hall–Kier alpha value is -1.42. The van der Waals surface area contributed by atoms with Crippen molar-refractivity contribution in [3.05, 3.63) is 30.1 Å². The third-order valence-electron chi connectivity index (χ3n) is 1.74. The van der Waals surface area contributed by atoms with Gasteiger partial charge in [0.15, 0.2) is 6.10 Å². The molecule has 0 radical (unpaired) electrons. The SMILES string of the molecule is O=C(O)C(O)CCc1ccncc1. The van der Waals surface area contributed by atoms with Crippen molar-refractivity contribution in [3.63, 3.8) is 0 Å². The molecule has 0 fully saturated rings. The maximum absolute atomic E-state index is 10.3. The van der Waals surface area contributed by atoms with Crippen LogP contribution in [0.1, 0.15) is 12.0 Å². The van der Waals surface area contributed by atoms with Crippen molar-refractivity contribution in [2.75, 3.05) is 0 Å². The van der Waals surface area contributed by atoms with E-state index in [1.807, 2.05) is 0 Å². The van der Waals surface area contributed by atoms with Gasteiger partial charge in [-0.3, -0.25) is 4.98 Å². The normalized spacial score (nSPS) is 12.4. The molecule has 0 saturated heterocycles. The van der Waals surface area contributed by atoms with Crippen LogP contribution in [0.15, 0.2) is 24.5 Å². The molecule has 0 aromatic carbocycles. The molecule has 4 heteroatoms. The minimum atomic E-state index is -1.27.